The Balaban J connectivity index is 1.52. The molecule has 0 bridgehead atoms. The van der Waals surface area contributed by atoms with Crippen molar-refractivity contribution in [1.82, 2.24) is 19.9 Å². The SMILES string of the molecule is CCc1ccnc(-c2cccc3c2N(C(CC)(N2c4ccccc4Oc4cccc(-c5nccc(Cl)n5)c42)S(=O)(=O)O)c2ccccc2O3)n1. The van der Waals surface area contributed by atoms with Crippen LogP contribution >= 0.6 is 11.6 Å². The van der Waals surface area contributed by atoms with E-state index in [0.717, 1.165) is 5.69 Å². The summed E-state index contributed by atoms with van der Waals surface area (Å²) in [6, 6.07) is 28.2. The highest BCUT2D eigenvalue weighted by atomic mass is 35.5. The maximum atomic E-state index is 14.7. The highest BCUT2D eigenvalue weighted by Gasteiger charge is 2.58. The number of rotatable bonds is 7. The summed E-state index contributed by atoms with van der Waals surface area (Å²) in [5.41, 5.74) is 3.15. The van der Waals surface area contributed by atoms with E-state index in [0.29, 0.717) is 69.1 Å². The van der Waals surface area contributed by atoms with E-state index in [1.807, 2.05) is 19.1 Å². The number of hydrogen-bond acceptors (Lipinski definition) is 10. The average molecular weight is 705 g/mol. The molecule has 8 rings (SSSR count). The van der Waals surface area contributed by atoms with E-state index in [1.165, 1.54) is 6.20 Å². The van der Waals surface area contributed by atoms with E-state index in [1.54, 1.807) is 108 Å². The molecule has 50 heavy (non-hydrogen) atoms. The van der Waals surface area contributed by atoms with Crippen LogP contribution in [0.2, 0.25) is 5.15 Å². The third-order valence-electron chi connectivity index (χ3n) is 8.85. The first-order valence-corrected chi connectivity index (χ1v) is 17.8. The van der Waals surface area contributed by atoms with Crippen molar-refractivity contribution in [1.29, 1.82) is 0 Å². The number of hydrogen-bond donors (Lipinski definition) is 1. The van der Waals surface area contributed by atoms with Gasteiger partial charge in [0.15, 0.2) is 34.6 Å². The van der Waals surface area contributed by atoms with Gasteiger partial charge in [0.1, 0.15) is 5.15 Å². The quantitative estimate of drug-likeness (QED) is 0.126. The molecule has 6 aromatic rings. The van der Waals surface area contributed by atoms with Gasteiger partial charge in [0.25, 0.3) is 4.99 Å². The summed E-state index contributed by atoms with van der Waals surface area (Å²) in [5, 5.41) is 0.197. The second kappa shape index (κ2) is 12.1. The number of halogens is 1. The maximum absolute atomic E-state index is 14.7. The van der Waals surface area contributed by atoms with Gasteiger partial charge in [-0.15, -0.1) is 0 Å². The minimum absolute atomic E-state index is 0.164. The second-order valence-electron chi connectivity index (χ2n) is 11.6. The van der Waals surface area contributed by atoms with Crippen LogP contribution in [0.5, 0.6) is 23.0 Å². The van der Waals surface area contributed by atoms with Crippen molar-refractivity contribution >= 4 is 44.5 Å². The normalized spacial score (nSPS) is 14.3. The highest BCUT2D eigenvalue weighted by Crippen LogP contribution is 2.61. The second-order valence-corrected chi connectivity index (χ2v) is 13.6. The molecular formula is C37H29ClN6O5S. The smallest absolute Gasteiger partial charge is 0.309 e. The summed E-state index contributed by atoms with van der Waals surface area (Å²) in [5.74, 6) is 2.03. The lowest BCUT2D eigenvalue weighted by molar-refractivity contribution is 0.394. The van der Waals surface area contributed by atoms with Gasteiger partial charge >= 0.3 is 10.1 Å². The largest absolute Gasteiger partial charge is 0.453 e. The van der Waals surface area contributed by atoms with Crippen LogP contribution in [0.1, 0.15) is 26.0 Å². The molecule has 2 aliphatic heterocycles. The van der Waals surface area contributed by atoms with E-state index < -0.39 is 15.1 Å². The van der Waals surface area contributed by atoms with E-state index in [2.05, 4.69) is 15.0 Å². The molecule has 0 aliphatic carbocycles. The van der Waals surface area contributed by atoms with Crippen LogP contribution < -0.4 is 19.3 Å². The van der Waals surface area contributed by atoms with E-state index >= 15 is 0 Å². The molecule has 4 heterocycles. The number of para-hydroxylation sites is 6. The van der Waals surface area contributed by atoms with Gasteiger partial charge in [0, 0.05) is 35.6 Å². The van der Waals surface area contributed by atoms with Crippen LogP contribution in [0.3, 0.4) is 0 Å². The Kier molecular flexibility index (Phi) is 7.66. The molecule has 4 aromatic carbocycles. The van der Waals surface area contributed by atoms with Crippen molar-refractivity contribution in [3.05, 3.63) is 120 Å². The average Bonchev–Trinajstić information content (AvgIpc) is 3.13. The molecule has 1 N–H and O–H groups in total. The van der Waals surface area contributed by atoms with Gasteiger partial charge < -0.3 is 9.47 Å². The first kappa shape index (κ1) is 31.7. The summed E-state index contributed by atoms with van der Waals surface area (Å²) in [6.07, 6.45) is 3.69. The van der Waals surface area contributed by atoms with Gasteiger partial charge in [-0.25, -0.2) is 19.9 Å². The monoisotopic (exact) mass is 704 g/mol. The van der Waals surface area contributed by atoms with Crippen LogP contribution in [0.4, 0.5) is 22.7 Å². The zero-order chi connectivity index (χ0) is 34.6. The number of ether oxygens (including phenoxy) is 2. The number of fused-ring (bicyclic) bond motifs is 4. The lowest BCUT2D eigenvalue weighted by atomic mass is 10.0. The Morgan fingerprint density at radius 2 is 1.18 bits per heavy atom. The molecule has 0 saturated heterocycles. The zero-order valence-electron chi connectivity index (χ0n) is 26.9. The van der Waals surface area contributed by atoms with Crippen molar-refractivity contribution < 1.29 is 22.4 Å². The van der Waals surface area contributed by atoms with E-state index in [-0.39, 0.29) is 17.4 Å². The molecule has 0 radical (unpaired) electrons. The minimum atomic E-state index is -5.13. The summed E-state index contributed by atoms with van der Waals surface area (Å²) in [6.45, 7) is 3.70. The molecule has 0 saturated carbocycles. The Morgan fingerprint density at radius 3 is 1.68 bits per heavy atom. The number of anilines is 4. The van der Waals surface area contributed by atoms with Crippen LogP contribution in [0.15, 0.2) is 109 Å². The van der Waals surface area contributed by atoms with Crippen molar-refractivity contribution in [2.45, 2.75) is 31.7 Å². The van der Waals surface area contributed by atoms with Crippen LogP contribution in [-0.4, -0.2) is 37.9 Å². The van der Waals surface area contributed by atoms with Crippen molar-refractivity contribution in [2.24, 2.45) is 0 Å². The van der Waals surface area contributed by atoms with Crippen LogP contribution in [-0.2, 0) is 16.5 Å². The van der Waals surface area contributed by atoms with Gasteiger partial charge in [-0.05, 0) is 67.1 Å². The molecule has 250 valence electrons. The van der Waals surface area contributed by atoms with Gasteiger partial charge in [0.05, 0.1) is 22.7 Å². The number of nitrogens with zero attached hydrogens (tertiary/aromatic N) is 6. The minimum Gasteiger partial charge on any atom is -0.453 e. The Labute approximate surface area is 293 Å². The lowest BCUT2D eigenvalue weighted by Crippen LogP contribution is -2.63. The first-order chi connectivity index (χ1) is 24.2. The number of aromatic nitrogens is 4. The topological polar surface area (TPSA) is 131 Å². The molecule has 0 amide bonds. The van der Waals surface area contributed by atoms with Gasteiger partial charge in [-0.3, -0.25) is 14.4 Å². The Hall–Kier alpha value is -5.56. The summed E-state index contributed by atoms with van der Waals surface area (Å²) >= 11 is 6.35. The van der Waals surface area contributed by atoms with Crippen LogP contribution in [0, 0.1) is 0 Å². The highest BCUT2D eigenvalue weighted by molar-refractivity contribution is 7.87. The molecule has 1 unspecified atom stereocenters. The predicted octanol–water partition coefficient (Wildman–Crippen LogP) is 8.96. The van der Waals surface area contributed by atoms with Crippen LogP contribution in [0.25, 0.3) is 22.8 Å². The molecule has 2 aliphatic rings. The molecular weight excluding hydrogens is 676 g/mol. The van der Waals surface area contributed by atoms with E-state index in [4.69, 9.17) is 26.1 Å². The molecule has 1 atom stereocenters. The lowest BCUT2D eigenvalue weighted by Gasteiger charge is -2.52. The van der Waals surface area contributed by atoms with Crippen molar-refractivity contribution in [3.63, 3.8) is 0 Å². The van der Waals surface area contributed by atoms with Gasteiger partial charge in [-0.1, -0.05) is 61.8 Å². The molecule has 0 fully saturated rings. The third-order valence-corrected chi connectivity index (χ3v) is 10.5. The fraction of sp³-hybridized carbons (Fsp3) is 0.135. The molecule has 0 spiro atoms. The molecule has 2 aromatic heterocycles. The van der Waals surface area contributed by atoms with E-state index in [9.17, 15) is 13.0 Å². The standard InChI is InChI=1S/C37H29ClN6O5S/c1-3-23-19-21-39-35(41-23)24-11-9-17-30-33(24)43(26-13-5-7-15-28(26)48-30)37(4-2,50(45,46)47)44-27-14-6-8-16-29(27)49-31-18-10-12-25(34(31)44)36-40-22-20-32(38)42-36/h5-22H,3-4H2,1-2H3,(H,45,46,47). The van der Waals surface area contributed by atoms with Gasteiger partial charge in [-0.2, -0.15) is 8.42 Å². The molecule has 11 nitrogen and oxygen atoms in total. The van der Waals surface area contributed by atoms with Crippen molar-refractivity contribution in [2.75, 3.05) is 9.80 Å². The van der Waals surface area contributed by atoms with Crippen molar-refractivity contribution in [3.8, 4) is 45.8 Å². The number of benzene rings is 4. The Bertz CT molecular complexity index is 2410. The summed E-state index contributed by atoms with van der Waals surface area (Å²) < 4.78 is 54.2. The summed E-state index contributed by atoms with van der Waals surface area (Å²) in [7, 11) is -5.13. The zero-order valence-corrected chi connectivity index (χ0v) is 28.4. The third kappa shape index (κ3) is 4.86. The fourth-order valence-electron chi connectivity index (χ4n) is 6.71. The number of aryl methyl sites for hydroxylation is 1. The first-order valence-electron chi connectivity index (χ1n) is 15.9. The fourth-order valence-corrected chi connectivity index (χ4v) is 8.05. The Morgan fingerprint density at radius 1 is 0.680 bits per heavy atom. The maximum Gasteiger partial charge on any atom is 0.309 e. The molecule has 13 heteroatoms. The van der Waals surface area contributed by atoms with Gasteiger partial charge in [0.2, 0.25) is 0 Å². The predicted molar refractivity (Wildman–Crippen MR) is 191 cm³/mol. The summed E-state index contributed by atoms with van der Waals surface area (Å²) in [4.78, 5) is 19.3.